The van der Waals surface area contributed by atoms with Crippen molar-refractivity contribution in [2.24, 2.45) is 7.05 Å². The predicted octanol–water partition coefficient (Wildman–Crippen LogP) is 2.12. The standard InChI is InChI=1S/C11H9N3/c1-14-7-13-11-8-4-2-3-5-9(8)12-6-10(11)14/h2-7H,1H3. The van der Waals surface area contributed by atoms with E-state index in [1.54, 1.807) is 0 Å². The first-order valence-electron chi connectivity index (χ1n) is 4.51. The minimum atomic E-state index is 0.999. The molecular formula is C11H9N3. The van der Waals surface area contributed by atoms with Gasteiger partial charge < -0.3 is 4.57 Å². The molecule has 3 rings (SSSR count). The summed E-state index contributed by atoms with van der Waals surface area (Å²) in [4.78, 5) is 8.75. The molecule has 3 aromatic rings. The molecule has 1 aromatic carbocycles. The van der Waals surface area contributed by atoms with Gasteiger partial charge in [0.1, 0.15) is 0 Å². The van der Waals surface area contributed by atoms with E-state index in [9.17, 15) is 0 Å². The van der Waals surface area contributed by atoms with Gasteiger partial charge in [0.2, 0.25) is 0 Å². The molecule has 0 bridgehead atoms. The van der Waals surface area contributed by atoms with Crippen LogP contribution in [-0.2, 0) is 7.05 Å². The zero-order valence-electron chi connectivity index (χ0n) is 7.81. The molecule has 0 N–H and O–H groups in total. The molecule has 3 heteroatoms. The van der Waals surface area contributed by atoms with Crippen LogP contribution in [0.4, 0.5) is 0 Å². The minimum Gasteiger partial charge on any atom is -0.332 e. The highest BCUT2D eigenvalue weighted by Gasteiger charge is 2.04. The van der Waals surface area contributed by atoms with Crippen molar-refractivity contribution in [1.29, 1.82) is 0 Å². The number of hydrogen-bond acceptors (Lipinski definition) is 2. The summed E-state index contributed by atoms with van der Waals surface area (Å²) in [5, 5.41) is 1.12. The van der Waals surface area contributed by atoms with Crippen molar-refractivity contribution in [3.8, 4) is 0 Å². The van der Waals surface area contributed by atoms with Crippen LogP contribution in [-0.4, -0.2) is 14.5 Å². The number of fused-ring (bicyclic) bond motifs is 3. The van der Waals surface area contributed by atoms with E-state index in [0.29, 0.717) is 0 Å². The topological polar surface area (TPSA) is 30.7 Å². The Labute approximate surface area is 81.0 Å². The fourth-order valence-corrected chi connectivity index (χ4v) is 1.72. The average Bonchev–Trinajstić information content (AvgIpc) is 2.61. The highest BCUT2D eigenvalue weighted by molar-refractivity contribution is 6.01. The van der Waals surface area contributed by atoms with E-state index in [1.807, 2.05) is 42.3 Å². The Balaban J connectivity index is 2.61. The van der Waals surface area contributed by atoms with Crippen LogP contribution in [0.15, 0.2) is 36.8 Å². The predicted molar refractivity (Wildman–Crippen MR) is 56.0 cm³/mol. The van der Waals surface area contributed by atoms with Gasteiger partial charge in [-0.2, -0.15) is 0 Å². The Morgan fingerprint density at radius 1 is 1.14 bits per heavy atom. The molecule has 2 aromatic heterocycles. The maximum Gasteiger partial charge on any atom is 0.0994 e. The molecule has 0 unspecified atom stereocenters. The number of benzene rings is 1. The largest absolute Gasteiger partial charge is 0.332 e. The maximum atomic E-state index is 4.38. The van der Waals surface area contributed by atoms with E-state index in [-0.39, 0.29) is 0 Å². The lowest BCUT2D eigenvalue weighted by Crippen LogP contribution is -1.85. The lowest BCUT2D eigenvalue weighted by molar-refractivity contribution is 0.945. The molecule has 68 valence electrons. The van der Waals surface area contributed by atoms with Crippen molar-refractivity contribution in [1.82, 2.24) is 14.5 Å². The first-order chi connectivity index (χ1) is 6.86. The summed E-state index contributed by atoms with van der Waals surface area (Å²) in [6, 6.07) is 8.06. The molecule has 0 radical (unpaired) electrons. The number of pyridine rings is 1. The first kappa shape index (κ1) is 7.50. The maximum absolute atomic E-state index is 4.38. The van der Waals surface area contributed by atoms with Gasteiger partial charge in [-0.05, 0) is 6.07 Å². The second-order valence-corrected chi connectivity index (χ2v) is 3.36. The van der Waals surface area contributed by atoms with E-state index in [1.165, 1.54) is 0 Å². The first-order valence-corrected chi connectivity index (χ1v) is 4.51. The van der Waals surface area contributed by atoms with Crippen molar-refractivity contribution in [3.05, 3.63) is 36.8 Å². The van der Waals surface area contributed by atoms with E-state index >= 15 is 0 Å². The Bertz CT molecular complexity index is 610. The van der Waals surface area contributed by atoms with Crippen LogP contribution in [0.2, 0.25) is 0 Å². The lowest BCUT2D eigenvalue weighted by Gasteiger charge is -1.97. The fourth-order valence-electron chi connectivity index (χ4n) is 1.72. The third kappa shape index (κ3) is 0.865. The normalized spacial score (nSPS) is 11.2. The fraction of sp³-hybridized carbons (Fsp3) is 0.0909. The number of rotatable bonds is 0. The average molecular weight is 183 g/mol. The minimum absolute atomic E-state index is 0.999. The molecule has 2 heterocycles. The number of aromatic nitrogens is 3. The summed E-state index contributed by atoms with van der Waals surface area (Å²) in [7, 11) is 1.98. The quantitative estimate of drug-likeness (QED) is 0.534. The van der Waals surface area contributed by atoms with Gasteiger partial charge in [-0.15, -0.1) is 0 Å². The number of para-hydroxylation sites is 1. The van der Waals surface area contributed by atoms with Gasteiger partial charge in [0, 0.05) is 12.4 Å². The lowest BCUT2D eigenvalue weighted by atomic mass is 10.2. The molecule has 0 saturated heterocycles. The zero-order chi connectivity index (χ0) is 9.54. The van der Waals surface area contributed by atoms with E-state index < -0.39 is 0 Å². The van der Waals surface area contributed by atoms with Gasteiger partial charge in [0.15, 0.2) is 0 Å². The number of nitrogens with zero attached hydrogens (tertiary/aromatic N) is 3. The Morgan fingerprint density at radius 3 is 2.93 bits per heavy atom. The molecule has 0 aliphatic carbocycles. The van der Waals surface area contributed by atoms with Crippen LogP contribution in [0.25, 0.3) is 21.9 Å². The molecule has 0 amide bonds. The molecule has 14 heavy (non-hydrogen) atoms. The monoisotopic (exact) mass is 183 g/mol. The SMILES string of the molecule is Cn1cnc2c3ccccc3ncc21. The molecule has 0 atom stereocenters. The molecular weight excluding hydrogens is 174 g/mol. The van der Waals surface area contributed by atoms with E-state index in [2.05, 4.69) is 16.0 Å². The second-order valence-electron chi connectivity index (χ2n) is 3.36. The van der Waals surface area contributed by atoms with E-state index in [0.717, 1.165) is 21.9 Å². The smallest absolute Gasteiger partial charge is 0.0994 e. The van der Waals surface area contributed by atoms with Gasteiger partial charge in [-0.25, -0.2) is 4.98 Å². The van der Waals surface area contributed by atoms with Crippen molar-refractivity contribution in [2.75, 3.05) is 0 Å². The van der Waals surface area contributed by atoms with Crippen molar-refractivity contribution in [3.63, 3.8) is 0 Å². The van der Waals surface area contributed by atoms with Crippen LogP contribution in [0.5, 0.6) is 0 Å². The van der Waals surface area contributed by atoms with Gasteiger partial charge in [-0.3, -0.25) is 4.98 Å². The van der Waals surface area contributed by atoms with E-state index in [4.69, 9.17) is 0 Å². The molecule has 3 nitrogen and oxygen atoms in total. The Hall–Kier alpha value is -1.90. The zero-order valence-corrected chi connectivity index (χ0v) is 7.81. The third-order valence-corrected chi connectivity index (χ3v) is 2.47. The van der Waals surface area contributed by atoms with Gasteiger partial charge >= 0.3 is 0 Å². The van der Waals surface area contributed by atoms with Crippen molar-refractivity contribution >= 4 is 21.9 Å². The number of aryl methyl sites for hydroxylation is 1. The van der Waals surface area contributed by atoms with Crippen molar-refractivity contribution in [2.45, 2.75) is 0 Å². The highest BCUT2D eigenvalue weighted by atomic mass is 15.0. The summed E-state index contributed by atoms with van der Waals surface area (Å²) in [5.41, 5.74) is 3.10. The van der Waals surface area contributed by atoms with Gasteiger partial charge in [-0.1, -0.05) is 18.2 Å². The van der Waals surface area contributed by atoms with Crippen molar-refractivity contribution < 1.29 is 0 Å². The van der Waals surface area contributed by atoms with Gasteiger partial charge in [0.05, 0.1) is 29.1 Å². The van der Waals surface area contributed by atoms with Crippen LogP contribution in [0, 0.1) is 0 Å². The summed E-state index contributed by atoms with van der Waals surface area (Å²) in [6.45, 7) is 0. The third-order valence-electron chi connectivity index (χ3n) is 2.47. The molecule has 0 saturated carbocycles. The summed E-state index contributed by atoms with van der Waals surface area (Å²) in [5.74, 6) is 0. The highest BCUT2D eigenvalue weighted by Crippen LogP contribution is 2.20. The van der Waals surface area contributed by atoms with Crippen LogP contribution in [0.3, 0.4) is 0 Å². The summed E-state index contributed by atoms with van der Waals surface area (Å²) in [6.07, 6.45) is 3.68. The Kier molecular flexibility index (Phi) is 1.36. The molecule has 0 aliphatic heterocycles. The number of hydrogen-bond donors (Lipinski definition) is 0. The Morgan fingerprint density at radius 2 is 2.00 bits per heavy atom. The van der Waals surface area contributed by atoms with Crippen LogP contribution >= 0.6 is 0 Å². The van der Waals surface area contributed by atoms with Crippen LogP contribution in [0.1, 0.15) is 0 Å². The molecule has 0 spiro atoms. The van der Waals surface area contributed by atoms with Gasteiger partial charge in [0.25, 0.3) is 0 Å². The molecule has 0 fully saturated rings. The summed E-state index contributed by atoms with van der Waals surface area (Å²) < 4.78 is 1.98. The summed E-state index contributed by atoms with van der Waals surface area (Å²) >= 11 is 0. The molecule has 0 aliphatic rings. The van der Waals surface area contributed by atoms with Crippen LogP contribution < -0.4 is 0 Å². The second kappa shape index (κ2) is 2.54. The number of imidazole rings is 1.